The van der Waals surface area contributed by atoms with Crippen LogP contribution in [-0.4, -0.2) is 0 Å². The molecule has 0 aromatic heterocycles. The maximum absolute atomic E-state index is 13.8. The molecule has 0 bridgehead atoms. The van der Waals surface area contributed by atoms with Crippen molar-refractivity contribution < 1.29 is 26.3 Å². The molecular weight excluding hydrogens is 612 g/mol. The fraction of sp³-hybridized carbons (Fsp3) is 0.0645. The zero-order valence-electron chi connectivity index (χ0n) is 22.2. The molecule has 0 N–H and O–H groups in total. The minimum Gasteiger partial charge on any atom is -0.192 e. The van der Waals surface area contributed by atoms with Gasteiger partial charge in [0.05, 0.1) is 79.4 Å². The van der Waals surface area contributed by atoms with Gasteiger partial charge in [-0.3, -0.25) is 0 Å². The summed E-state index contributed by atoms with van der Waals surface area (Å²) in [5.41, 5.74) is -12.9. The van der Waals surface area contributed by atoms with E-state index < -0.39 is 95.1 Å². The zero-order chi connectivity index (χ0) is 34.6. The lowest BCUT2D eigenvalue weighted by atomic mass is 9.87. The Labute approximate surface area is 253 Å². The second-order valence-corrected chi connectivity index (χ2v) is 8.74. The minimum absolute atomic E-state index is 0.336. The highest BCUT2D eigenvalue weighted by atomic mass is 19.4. The van der Waals surface area contributed by atoms with Crippen molar-refractivity contribution in [2.75, 3.05) is 0 Å². The molecule has 216 valence electrons. The van der Waals surface area contributed by atoms with E-state index in [4.69, 9.17) is 0 Å². The highest BCUT2D eigenvalue weighted by Crippen LogP contribution is 2.37. The third kappa shape index (κ3) is 5.58. The first-order valence-electron chi connectivity index (χ1n) is 11.8. The van der Waals surface area contributed by atoms with Crippen molar-refractivity contribution >= 4 is 11.1 Å². The zero-order valence-corrected chi connectivity index (χ0v) is 22.2. The smallest absolute Gasteiger partial charge is 0.192 e. The molecule has 0 aliphatic carbocycles. The maximum atomic E-state index is 13.8. The van der Waals surface area contributed by atoms with E-state index in [1.807, 2.05) is 0 Å². The highest BCUT2D eigenvalue weighted by Gasteiger charge is 2.37. The van der Waals surface area contributed by atoms with Gasteiger partial charge in [0.15, 0.2) is 0 Å². The summed E-state index contributed by atoms with van der Waals surface area (Å²) in [6, 6.07) is 15.9. The van der Waals surface area contributed by atoms with Gasteiger partial charge >= 0.3 is 12.4 Å². The van der Waals surface area contributed by atoms with Gasteiger partial charge < -0.3 is 0 Å². The molecule has 0 radical (unpaired) electrons. The van der Waals surface area contributed by atoms with E-state index >= 15 is 0 Å². The van der Waals surface area contributed by atoms with Crippen molar-refractivity contribution in [2.45, 2.75) is 12.4 Å². The monoisotopic (exact) mass is 617 g/mol. The molecule has 9 nitrogen and oxygen atoms in total. The molecule has 0 saturated heterocycles. The van der Waals surface area contributed by atoms with E-state index in [-0.39, 0.29) is 0 Å². The van der Waals surface area contributed by atoms with Crippen molar-refractivity contribution in [3.63, 3.8) is 0 Å². The van der Waals surface area contributed by atoms with Gasteiger partial charge in [0, 0.05) is 21.6 Å². The van der Waals surface area contributed by atoms with Crippen molar-refractivity contribution in [3.05, 3.63) is 102 Å². The summed E-state index contributed by atoms with van der Waals surface area (Å²) in [6.07, 6.45) is -10.4. The first kappa shape index (κ1) is 32.9. The number of benzene rings is 3. The number of rotatable bonds is 2. The van der Waals surface area contributed by atoms with Crippen LogP contribution < -0.4 is 10.4 Å². The van der Waals surface area contributed by atoms with Crippen molar-refractivity contribution in [3.8, 4) is 54.6 Å². The third-order valence-corrected chi connectivity index (χ3v) is 6.32. The van der Waals surface area contributed by atoms with Crippen LogP contribution >= 0.6 is 0 Å². The normalized spacial score (nSPS) is 11.8. The summed E-state index contributed by atoms with van der Waals surface area (Å²) in [5.74, 6) is 0. The largest absolute Gasteiger partial charge is 0.417 e. The molecule has 0 spiro atoms. The Kier molecular flexibility index (Phi) is 8.81. The lowest BCUT2D eigenvalue weighted by Gasteiger charge is -2.14. The van der Waals surface area contributed by atoms with Crippen molar-refractivity contribution in [1.82, 2.24) is 0 Å². The van der Waals surface area contributed by atoms with Crippen molar-refractivity contribution in [2.24, 2.45) is 0 Å². The Morgan fingerprint density at radius 3 is 1.20 bits per heavy atom. The van der Waals surface area contributed by atoms with Gasteiger partial charge in [-0.25, -0.2) is 0 Å². The minimum atomic E-state index is -5.21. The molecule has 3 aromatic rings. The molecular formula is C31H5F6N9. The van der Waals surface area contributed by atoms with Gasteiger partial charge in [-0.05, 0) is 30.3 Å². The van der Waals surface area contributed by atoms with Gasteiger partial charge in [-0.1, -0.05) is 0 Å². The molecule has 0 heterocycles. The lowest BCUT2D eigenvalue weighted by Crippen LogP contribution is -2.27. The maximum Gasteiger partial charge on any atom is 0.417 e. The Hall–Kier alpha value is -7.61. The molecule has 0 saturated carbocycles. The predicted molar refractivity (Wildman–Crippen MR) is 138 cm³/mol. The Balaban J connectivity index is 2.82. The van der Waals surface area contributed by atoms with Crippen LogP contribution in [0.25, 0.3) is 11.1 Å². The summed E-state index contributed by atoms with van der Waals surface area (Å²) in [5, 5.41) is 86.5. The molecule has 0 aliphatic heterocycles. The van der Waals surface area contributed by atoms with Crippen LogP contribution in [0.2, 0.25) is 0 Å². The molecule has 0 fully saturated rings. The fourth-order valence-electron chi connectivity index (χ4n) is 4.47. The second kappa shape index (κ2) is 12.3. The number of nitriles is 9. The lowest BCUT2D eigenvalue weighted by molar-refractivity contribution is -0.138. The molecule has 0 unspecified atom stereocenters. The standard InChI is InChI=1S/C31H5F6N9/c32-30(33,34)27-3-15(6-38)1-18(23(27)11-43)21(9-41)20-5-17(8-40)29(26(14-46)22(20)10-42)25(13-45)19-2-16(7-39)4-28(24(19)12-44)31(35,36)37/h1-5H/b21-20+,29-25+. The number of hydrogen-bond donors (Lipinski definition) is 0. The van der Waals surface area contributed by atoms with Crippen LogP contribution in [0.1, 0.15) is 61.2 Å². The van der Waals surface area contributed by atoms with E-state index in [9.17, 15) is 73.7 Å². The molecule has 3 aromatic carbocycles. The summed E-state index contributed by atoms with van der Waals surface area (Å²) in [4.78, 5) is 0. The number of hydrogen-bond acceptors (Lipinski definition) is 9. The van der Waals surface area contributed by atoms with E-state index in [0.29, 0.717) is 24.3 Å². The predicted octanol–water partition coefficient (Wildman–Crippen LogP) is 4.27. The number of halogens is 6. The van der Waals surface area contributed by atoms with Gasteiger partial charge in [0.2, 0.25) is 0 Å². The van der Waals surface area contributed by atoms with E-state index in [1.165, 1.54) is 48.6 Å². The first-order valence-corrected chi connectivity index (χ1v) is 11.8. The molecule has 15 heteroatoms. The van der Waals surface area contributed by atoms with E-state index in [2.05, 4.69) is 0 Å². The van der Waals surface area contributed by atoms with Crippen LogP contribution in [-0.2, 0) is 12.4 Å². The van der Waals surface area contributed by atoms with E-state index in [1.54, 1.807) is 6.07 Å². The Bertz CT molecular complexity index is 2390. The second-order valence-electron chi connectivity index (χ2n) is 8.74. The molecule has 46 heavy (non-hydrogen) atoms. The average molecular weight is 617 g/mol. The van der Waals surface area contributed by atoms with Crippen LogP contribution in [0.5, 0.6) is 0 Å². The Morgan fingerprint density at radius 2 is 0.870 bits per heavy atom. The van der Waals surface area contributed by atoms with Crippen LogP contribution in [0, 0.1) is 102 Å². The Morgan fingerprint density at radius 1 is 0.457 bits per heavy atom. The summed E-state index contributed by atoms with van der Waals surface area (Å²) in [6.45, 7) is 0. The van der Waals surface area contributed by atoms with Gasteiger partial charge in [0.1, 0.15) is 36.4 Å². The van der Waals surface area contributed by atoms with Gasteiger partial charge in [0.25, 0.3) is 0 Å². The number of nitrogens with zero attached hydrogens (tertiary/aromatic N) is 9. The summed E-state index contributed by atoms with van der Waals surface area (Å²) < 4.78 is 82.9. The quantitative estimate of drug-likeness (QED) is 0.375. The van der Waals surface area contributed by atoms with Gasteiger partial charge in [-0.2, -0.15) is 73.7 Å². The molecule has 0 aliphatic rings. The van der Waals surface area contributed by atoms with Crippen LogP contribution in [0.4, 0.5) is 26.3 Å². The van der Waals surface area contributed by atoms with Crippen LogP contribution in [0.15, 0.2) is 30.3 Å². The SMILES string of the molecule is N#C/C(c1cc(C#N)cc(C(F)(F)F)c1C#N)=c1/cc(C#N)/c(=C(/C#N)c2cc(C#N)cc(C(F)(F)F)c2C#N)c(C#N)c1C#N. The third-order valence-electron chi connectivity index (χ3n) is 6.32. The topological polar surface area (TPSA) is 214 Å². The molecule has 3 rings (SSSR count). The summed E-state index contributed by atoms with van der Waals surface area (Å²) in [7, 11) is 0. The molecule has 0 atom stereocenters. The van der Waals surface area contributed by atoms with Gasteiger partial charge in [-0.15, -0.1) is 0 Å². The first-order chi connectivity index (χ1) is 21.7. The van der Waals surface area contributed by atoms with E-state index in [0.717, 1.165) is 6.07 Å². The fourth-order valence-corrected chi connectivity index (χ4v) is 4.47. The molecule has 0 amide bonds. The average Bonchev–Trinajstić information content (AvgIpc) is 3.03. The van der Waals surface area contributed by atoms with Crippen LogP contribution in [0.3, 0.4) is 0 Å². The highest BCUT2D eigenvalue weighted by molar-refractivity contribution is 5.86. The van der Waals surface area contributed by atoms with Crippen molar-refractivity contribution in [1.29, 1.82) is 47.4 Å². The number of alkyl halides is 6. The summed E-state index contributed by atoms with van der Waals surface area (Å²) >= 11 is 0.